The summed E-state index contributed by atoms with van der Waals surface area (Å²) in [6, 6.07) is 23.8. The standard InChI is InChI=1S/C31H25Cl2NO3S/c1-31(2)16-23(35)26(24(36)17-31)29-25(18-9-5-3-6-10-18)27(28(37)19-13-14-21(32)22(33)15-19)30(38-29)34-20-11-7-4-8-12-20/h3-15,34-35H,16-17H2,1-2H3. The third kappa shape index (κ3) is 5.14. The van der Waals surface area contributed by atoms with Crippen LogP contribution in [-0.4, -0.2) is 16.7 Å². The molecule has 0 fully saturated rings. The van der Waals surface area contributed by atoms with E-state index >= 15 is 0 Å². The van der Waals surface area contributed by atoms with E-state index in [0.29, 0.717) is 44.4 Å². The van der Waals surface area contributed by atoms with Crippen LogP contribution in [0.2, 0.25) is 10.0 Å². The molecule has 4 nitrogen and oxygen atoms in total. The van der Waals surface area contributed by atoms with Crippen LogP contribution in [-0.2, 0) is 4.79 Å². The molecule has 3 aromatic carbocycles. The molecule has 2 N–H and O–H groups in total. The van der Waals surface area contributed by atoms with Crippen LogP contribution in [0.25, 0.3) is 16.7 Å². The minimum absolute atomic E-state index is 0.0458. The molecule has 192 valence electrons. The Morgan fingerprint density at radius 2 is 1.58 bits per heavy atom. The number of Topliss-reactive ketones (excluding diaryl/α,β-unsaturated/α-hetero) is 1. The SMILES string of the molecule is CC1(C)CC(=O)C(c2sc(Nc3ccccc3)c(C(=O)c3ccc(Cl)c(Cl)c3)c2-c2ccccc2)=C(O)C1. The number of ketones is 2. The van der Waals surface area contributed by atoms with E-state index in [-0.39, 0.29) is 33.3 Å². The van der Waals surface area contributed by atoms with Crippen molar-refractivity contribution >= 4 is 62.4 Å². The number of carbonyl (C=O) groups is 2. The number of hydrogen-bond donors (Lipinski definition) is 2. The normalized spacial score (nSPS) is 15.0. The lowest BCUT2D eigenvalue weighted by Gasteiger charge is -2.29. The van der Waals surface area contributed by atoms with E-state index in [1.165, 1.54) is 11.3 Å². The van der Waals surface area contributed by atoms with Crippen molar-refractivity contribution in [2.24, 2.45) is 5.41 Å². The fourth-order valence-corrected chi connectivity index (χ4v) is 6.40. The van der Waals surface area contributed by atoms with Gasteiger partial charge in [-0.15, -0.1) is 11.3 Å². The number of rotatable bonds is 6. The number of hydrogen-bond acceptors (Lipinski definition) is 5. The van der Waals surface area contributed by atoms with E-state index in [0.717, 1.165) is 11.3 Å². The predicted octanol–water partition coefficient (Wildman–Crippen LogP) is 9.35. The van der Waals surface area contributed by atoms with Gasteiger partial charge in [-0.25, -0.2) is 0 Å². The van der Waals surface area contributed by atoms with Gasteiger partial charge in [0.05, 0.1) is 26.1 Å². The molecule has 1 heterocycles. The van der Waals surface area contributed by atoms with E-state index in [9.17, 15) is 14.7 Å². The molecule has 0 unspecified atom stereocenters. The Kier molecular flexibility index (Phi) is 7.19. The van der Waals surface area contributed by atoms with E-state index in [2.05, 4.69) is 5.32 Å². The van der Waals surface area contributed by atoms with Crippen LogP contribution in [0.5, 0.6) is 0 Å². The van der Waals surface area contributed by atoms with Crippen molar-refractivity contribution in [2.75, 3.05) is 5.32 Å². The first kappa shape index (κ1) is 26.2. The van der Waals surface area contributed by atoms with Crippen LogP contribution in [0.15, 0.2) is 84.6 Å². The molecule has 5 rings (SSSR count). The zero-order valence-corrected chi connectivity index (χ0v) is 23.2. The first-order valence-corrected chi connectivity index (χ1v) is 13.7. The van der Waals surface area contributed by atoms with Gasteiger partial charge in [0.1, 0.15) is 10.8 Å². The first-order valence-electron chi connectivity index (χ1n) is 12.1. The molecule has 1 aliphatic rings. The van der Waals surface area contributed by atoms with Crippen molar-refractivity contribution in [2.45, 2.75) is 26.7 Å². The van der Waals surface area contributed by atoms with Gasteiger partial charge in [-0.1, -0.05) is 85.6 Å². The topological polar surface area (TPSA) is 66.4 Å². The zero-order valence-electron chi connectivity index (χ0n) is 20.8. The second-order valence-electron chi connectivity index (χ2n) is 10.1. The minimum atomic E-state index is -0.349. The largest absolute Gasteiger partial charge is 0.511 e. The number of carbonyl (C=O) groups excluding carboxylic acids is 2. The Balaban J connectivity index is 1.80. The highest BCUT2D eigenvalue weighted by atomic mass is 35.5. The average Bonchev–Trinajstić information content (AvgIpc) is 3.23. The van der Waals surface area contributed by atoms with Crippen molar-refractivity contribution in [1.29, 1.82) is 0 Å². The van der Waals surface area contributed by atoms with Crippen LogP contribution >= 0.6 is 34.5 Å². The molecule has 1 aliphatic carbocycles. The molecule has 0 amide bonds. The Hall–Kier alpha value is -3.38. The molecule has 1 aromatic heterocycles. The van der Waals surface area contributed by atoms with Gasteiger partial charge in [-0.3, -0.25) is 9.59 Å². The molecule has 0 atom stereocenters. The number of para-hydroxylation sites is 1. The first-order chi connectivity index (χ1) is 18.1. The van der Waals surface area contributed by atoms with Crippen LogP contribution in [0, 0.1) is 5.41 Å². The Morgan fingerprint density at radius 1 is 0.921 bits per heavy atom. The molecular formula is C31H25Cl2NO3S. The maximum atomic E-state index is 14.2. The number of benzene rings is 3. The summed E-state index contributed by atoms with van der Waals surface area (Å²) in [5.74, 6) is -0.367. The monoisotopic (exact) mass is 561 g/mol. The molecule has 0 aliphatic heterocycles. The van der Waals surface area contributed by atoms with Crippen molar-refractivity contribution < 1.29 is 14.7 Å². The molecule has 0 radical (unpaired) electrons. The Bertz CT molecular complexity index is 1570. The smallest absolute Gasteiger partial charge is 0.196 e. The van der Waals surface area contributed by atoms with E-state index in [1.54, 1.807) is 18.2 Å². The number of aliphatic hydroxyl groups excluding tert-OH is 1. The van der Waals surface area contributed by atoms with Crippen molar-refractivity contribution in [1.82, 2.24) is 0 Å². The highest BCUT2D eigenvalue weighted by molar-refractivity contribution is 7.18. The van der Waals surface area contributed by atoms with E-state index in [4.69, 9.17) is 23.2 Å². The number of anilines is 2. The van der Waals surface area contributed by atoms with Crippen LogP contribution in [0.4, 0.5) is 10.7 Å². The summed E-state index contributed by atoms with van der Waals surface area (Å²) in [4.78, 5) is 28.2. The predicted molar refractivity (Wildman–Crippen MR) is 157 cm³/mol. The lowest BCUT2D eigenvalue weighted by atomic mass is 9.75. The quantitative estimate of drug-likeness (QED) is 0.230. The molecule has 0 saturated carbocycles. The van der Waals surface area contributed by atoms with Crippen LogP contribution < -0.4 is 5.32 Å². The van der Waals surface area contributed by atoms with Gasteiger partial charge < -0.3 is 10.4 Å². The number of halogens is 2. The molecule has 38 heavy (non-hydrogen) atoms. The van der Waals surface area contributed by atoms with E-state index < -0.39 is 0 Å². The second-order valence-corrected chi connectivity index (χ2v) is 11.9. The lowest BCUT2D eigenvalue weighted by Crippen LogP contribution is -2.25. The van der Waals surface area contributed by atoms with Gasteiger partial charge in [0, 0.05) is 29.7 Å². The summed E-state index contributed by atoms with van der Waals surface area (Å²) in [7, 11) is 0. The van der Waals surface area contributed by atoms with Gasteiger partial charge in [0.2, 0.25) is 0 Å². The lowest BCUT2D eigenvalue weighted by molar-refractivity contribution is -0.116. The molecule has 0 bridgehead atoms. The summed E-state index contributed by atoms with van der Waals surface area (Å²) < 4.78 is 0. The van der Waals surface area contributed by atoms with Crippen molar-refractivity contribution in [3.63, 3.8) is 0 Å². The molecule has 4 aromatic rings. The number of thiophene rings is 1. The molecule has 0 saturated heterocycles. The highest BCUT2D eigenvalue weighted by Gasteiger charge is 2.37. The number of nitrogens with one attached hydrogen (secondary N) is 1. The van der Waals surface area contributed by atoms with Gasteiger partial charge in [0.25, 0.3) is 0 Å². The highest BCUT2D eigenvalue weighted by Crippen LogP contribution is 2.49. The summed E-state index contributed by atoms with van der Waals surface area (Å²) in [6.45, 7) is 3.93. The van der Waals surface area contributed by atoms with Crippen LogP contribution in [0.3, 0.4) is 0 Å². The Labute approximate surface area is 235 Å². The summed E-state index contributed by atoms with van der Waals surface area (Å²) >= 11 is 13.7. The fraction of sp³-hybridized carbons (Fsp3) is 0.161. The Morgan fingerprint density at radius 3 is 2.21 bits per heavy atom. The van der Waals surface area contributed by atoms with Gasteiger partial charge >= 0.3 is 0 Å². The fourth-order valence-electron chi connectivity index (χ4n) is 4.77. The maximum absolute atomic E-state index is 14.2. The van der Waals surface area contributed by atoms with Crippen molar-refractivity contribution in [3.05, 3.63) is 111 Å². The third-order valence-corrected chi connectivity index (χ3v) is 8.35. The number of allylic oxidation sites excluding steroid dienone is 2. The summed E-state index contributed by atoms with van der Waals surface area (Å²) in [5.41, 5.74) is 2.84. The number of aliphatic hydroxyl groups is 1. The van der Waals surface area contributed by atoms with E-state index in [1.807, 2.05) is 74.5 Å². The minimum Gasteiger partial charge on any atom is -0.511 e. The maximum Gasteiger partial charge on any atom is 0.196 e. The molecule has 0 spiro atoms. The zero-order chi connectivity index (χ0) is 27.0. The van der Waals surface area contributed by atoms with Crippen molar-refractivity contribution in [3.8, 4) is 11.1 Å². The van der Waals surface area contributed by atoms with Gasteiger partial charge in [-0.2, -0.15) is 0 Å². The van der Waals surface area contributed by atoms with Crippen LogP contribution in [0.1, 0.15) is 47.5 Å². The second kappa shape index (κ2) is 10.4. The van der Waals surface area contributed by atoms with Gasteiger partial charge in [0.15, 0.2) is 11.6 Å². The van der Waals surface area contributed by atoms with Gasteiger partial charge in [-0.05, 0) is 41.3 Å². The third-order valence-electron chi connectivity index (χ3n) is 6.49. The summed E-state index contributed by atoms with van der Waals surface area (Å²) in [5, 5.41) is 15.7. The molecular weight excluding hydrogens is 537 g/mol. The average molecular weight is 563 g/mol. The molecule has 7 heteroatoms. The summed E-state index contributed by atoms with van der Waals surface area (Å²) in [6.07, 6.45) is 0.674.